The van der Waals surface area contributed by atoms with Crippen LogP contribution in [0, 0.1) is 0 Å². The van der Waals surface area contributed by atoms with Crippen LogP contribution in [0.4, 0.5) is 5.69 Å². The molecule has 1 aliphatic heterocycles. The number of carbonyl (C=O) groups excluding carboxylic acids is 2. The van der Waals surface area contributed by atoms with Crippen LogP contribution in [0.25, 0.3) is 0 Å². The maximum Gasteiger partial charge on any atom is 0.222 e. The summed E-state index contributed by atoms with van der Waals surface area (Å²) in [6, 6.07) is 7.72. The molecule has 0 aromatic heterocycles. The van der Waals surface area contributed by atoms with E-state index >= 15 is 0 Å². The number of rotatable bonds is 4. The molecule has 1 atom stereocenters. The van der Waals surface area contributed by atoms with Crippen LogP contribution in [0.1, 0.15) is 31.7 Å². The van der Waals surface area contributed by atoms with Crippen molar-refractivity contribution in [1.29, 1.82) is 0 Å². The smallest absolute Gasteiger partial charge is 0.222 e. The monoisotopic (exact) mass is 289 g/mol. The first kappa shape index (κ1) is 15.4. The molecule has 1 aromatic carbocycles. The molecule has 1 aromatic rings. The molecule has 1 saturated heterocycles. The summed E-state index contributed by atoms with van der Waals surface area (Å²) in [7, 11) is 0. The molecule has 0 spiro atoms. The maximum absolute atomic E-state index is 12.3. The van der Waals surface area contributed by atoms with Gasteiger partial charge in [-0.25, -0.2) is 0 Å². The van der Waals surface area contributed by atoms with Gasteiger partial charge in [-0.2, -0.15) is 0 Å². The Morgan fingerprint density at radius 2 is 2.05 bits per heavy atom. The zero-order valence-corrected chi connectivity index (χ0v) is 12.5. The van der Waals surface area contributed by atoms with Gasteiger partial charge in [0.05, 0.1) is 0 Å². The van der Waals surface area contributed by atoms with Crippen LogP contribution >= 0.6 is 0 Å². The van der Waals surface area contributed by atoms with E-state index < -0.39 is 0 Å². The number of nitrogens with zero attached hydrogens (tertiary/aromatic N) is 1. The van der Waals surface area contributed by atoms with Gasteiger partial charge in [0.15, 0.2) is 0 Å². The molecular formula is C16H23N3O2. The van der Waals surface area contributed by atoms with Crippen molar-refractivity contribution in [2.75, 3.05) is 18.8 Å². The number of aryl methyl sites for hydroxylation is 1. The molecule has 0 saturated carbocycles. The Morgan fingerprint density at radius 3 is 2.71 bits per heavy atom. The zero-order valence-electron chi connectivity index (χ0n) is 12.5. The Morgan fingerprint density at radius 1 is 1.33 bits per heavy atom. The summed E-state index contributed by atoms with van der Waals surface area (Å²) in [5.41, 5.74) is 7.50. The van der Waals surface area contributed by atoms with Crippen molar-refractivity contribution in [3.63, 3.8) is 0 Å². The van der Waals surface area contributed by atoms with Crippen molar-refractivity contribution < 1.29 is 9.59 Å². The highest BCUT2D eigenvalue weighted by Gasteiger charge is 2.23. The van der Waals surface area contributed by atoms with Crippen molar-refractivity contribution in [3.05, 3.63) is 29.8 Å². The minimum Gasteiger partial charge on any atom is -0.399 e. The van der Waals surface area contributed by atoms with Gasteiger partial charge in [0.2, 0.25) is 11.8 Å². The Bertz CT molecular complexity index is 499. The second-order valence-electron chi connectivity index (χ2n) is 5.62. The molecule has 5 nitrogen and oxygen atoms in total. The number of nitrogens with two attached hydrogens (primary N) is 1. The lowest BCUT2D eigenvalue weighted by molar-refractivity contribution is -0.133. The van der Waals surface area contributed by atoms with Crippen LogP contribution in [-0.4, -0.2) is 35.8 Å². The third-order valence-electron chi connectivity index (χ3n) is 3.79. The second-order valence-corrected chi connectivity index (χ2v) is 5.62. The molecule has 1 fully saturated rings. The predicted molar refractivity (Wildman–Crippen MR) is 82.6 cm³/mol. The molecule has 1 unspecified atom stereocenters. The number of likely N-dealkylation sites (tertiary alicyclic amines) is 1. The molecule has 1 heterocycles. The molecule has 5 heteroatoms. The first-order valence-electron chi connectivity index (χ1n) is 7.44. The quantitative estimate of drug-likeness (QED) is 0.821. The van der Waals surface area contributed by atoms with Gasteiger partial charge in [-0.3, -0.25) is 9.59 Å². The summed E-state index contributed by atoms with van der Waals surface area (Å²) in [6.45, 7) is 2.93. The van der Waals surface area contributed by atoms with Crippen LogP contribution in [-0.2, 0) is 16.0 Å². The van der Waals surface area contributed by atoms with Gasteiger partial charge in [0.25, 0.3) is 0 Å². The number of hydrogen-bond donors (Lipinski definition) is 2. The van der Waals surface area contributed by atoms with E-state index in [2.05, 4.69) is 5.32 Å². The average molecular weight is 289 g/mol. The van der Waals surface area contributed by atoms with Crippen LogP contribution in [0.2, 0.25) is 0 Å². The van der Waals surface area contributed by atoms with Crippen LogP contribution < -0.4 is 11.1 Å². The van der Waals surface area contributed by atoms with Crippen LogP contribution in [0.15, 0.2) is 24.3 Å². The van der Waals surface area contributed by atoms with Gasteiger partial charge in [0.1, 0.15) is 0 Å². The third-order valence-corrected chi connectivity index (χ3v) is 3.79. The number of nitrogen functional groups attached to an aromatic ring is 1. The fourth-order valence-corrected chi connectivity index (χ4v) is 2.70. The summed E-state index contributed by atoms with van der Waals surface area (Å²) in [4.78, 5) is 25.2. The molecule has 0 bridgehead atoms. The van der Waals surface area contributed by atoms with Gasteiger partial charge < -0.3 is 16.0 Å². The Kier molecular flexibility index (Phi) is 5.20. The lowest BCUT2D eigenvalue weighted by atomic mass is 10.0. The standard InChI is InChI=1S/C16H23N3O2/c1-12(20)18-15-3-2-10-19(11-15)16(21)9-6-13-4-7-14(17)8-5-13/h4-5,7-8,15H,2-3,6,9-11,17H2,1H3,(H,18,20). The van der Waals surface area contributed by atoms with Crippen molar-refractivity contribution >= 4 is 17.5 Å². The van der Waals surface area contributed by atoms with Gasteiger partial charge in [-0.15, -0.1) is 0 Å². The van der Waals surface area contributed by atoms with Gasteiger partial charge in [-0.05, 0) is 37.0 Å². The van der Waals surface area contributed by atoms with Gasteiger partial charge >= 0.3 is 0 Å². The number of nitrogens with one attached hydrogen (secondary N) is 1. The van der Waals surface area contributed by atoms with E-state index in [0.717, 1.165) is 37.1 Å². The highest BCUT2D eigenvalue weighted by molar-refractivity contribution is 5.77. The minimum atomic E-state index is -0.0313. The Labute approximate surface area is 125 Å². The first-order chi connectivity index (χ1) is 10.0. The first-order valence-corrected chi connectivity index (χ1v) is 7.44. The van der Waals surface area contributed by atoms with Crippen LogP contribution in [0.3, 0.4) is 0 Å². The molecule has 3 N–H and O–H groups in total. The van der Waals surface area contributed by atoms with Crippen molar-refractivity contribution in [2.24, 2.45) is 0 Å². The van der Waals surface area contributed by atoms with E-state index in [4.69, 9.17) is 5.73 Å². The van der Waals surface area contributed by atoms with Crippen LogP contribution in [0.5, 0.6) is 0 Å². The molecule has 2 amide bonds. The van der Waals surface area contributed by atoms with E-state index in [-0.39, 0.29) is 17.9 Å². The molecule has 0 aliphatic carbocycles. The van der Waals surface area contributed by atoms with E-state index in [0.29, 0.717) is 13.0 Å². The second kappa shape index (κ2) is 7.11. The summed E-state index contributed by atoms with van der Waals surface area (Å²) in [5, 5.41) is 2.90. The molecule has 1 aliphatic rings. The Balaban J connectivity index is 1.82. The van der Waals surface area contributed by atoms with E-state index in [1.165, 1.54) is 6.92 Å². The highest BCUT2D eigenvalue weighted by atomic mass is 16.2. The molecule has 21 heavy (non-hydrogen) atoms. The van der Waals surface area contributed by atoms with E-state index in [1.807, 2.05) is 29.2 Å². The van der Waals surface area contributed by atoms with Crippen molar-refractivity contribution in [1.82, 2.24) is 10.2 Å². The predicted octanol–water partition coefficient (Wildman–Crippen LogP) is 1.33. The van der Waals surface area contributed by atoms with Crippen molar-refractivity contribution in [2.45, 2.75) is 38.6 Å². The fraction of sp³-hybridized carbons (Fsp3) is 0.500. The third kappa shape index (κ3) is 4.77. The van der Waals surface area contributed by atoms with E-state index in [1.54, 1.807) is 0 Å². The molecule has 0 radical (unpaired) electrons. The average Bonchev–Trinajstić information content (AvgIpc) is 2.46. The fourth-order valence-electron chi connectivity index (χ4n) is 2.70. The minimum absolute atomic E-state index is 0.0313. The highest BCUT2D eigenvalue weighted by Crippen LogP contribution is 2.13. The molecule has 2 rings (SSSR count). The molecular weight excluding hydrogens is 266 g/mol. The summed E-state index contributed by atoms with van der Waals surface area (Å²) >= 11 is 0. The number of hydrogen-bond acceptors (Lipinski definition) is 3. The van der Waals surface area contributed by atoms with Gasteiger partial charge in [-0.1, -0.05) is 12.1 Å². The summed E-state index contributed by atoms with van der Waals surface area (Å²) in [6.07, 6.45) is 3.11. The number of anilines is 1. The maximum atomic E-state index is 12.3. The topological polar surface area (TPSA) is 75.4 Å². The SMILES string of the molecule is CC(=O)NC1CCCN(C(=O)CCc2ccc(N)cc2)C1. The number of carbonyl (C=O) groups is 2. The lowest BCUT2D eigenvalue weighted by Gasteiger charge is -2.33. The van der Waals surface area contributed by atoms with Gasteiger partial charge in [0, 0.05) is 38.2 Å². The largest absolute Gasteiger partial charge is 0.399 e. The Hall–Kier alpha value is -2.04. The molecule has 114 valence electrons. The number of amides is 2. The normalized spacial score (nSPS) is 18.3. The number of piperidine rings is 1. The zero-order chi connectivity index (χ0) is 15.2. The summed E-state index contributed by atoms with van der Waals surface area (Å²) in [5.74, 6) is 0.123. The van der Waals surface area contributed by atoms with E-state index in [9.17, 15) is 9.59 Å². The number of benzene rings is 1. The summed E-state index contributed by atoms with van der Waals surface area (Å²) < 4.78 is 0. The van der Waals surface area contributed by atoms with Crippen molar-refractivity contribution in [3.8, 4) is 0 Å². The lowest BCUT2D eigenvalue weighted by Crippen LogP contribution is -2.49.